The molecule has 0 bridgehead atoms. The summed E-state index contributed by atoms with van der Waals surface area (Å²) in [7, 11) is 0. The van der Waals surface area contributed by atoms with Crippen molar-refractivity contribution in [2.45, 2.75) is 52.6 Å². The number of hydrogen-bond acceptors (Lipinski definition) is 4. The molecule has 0 saturated heterocycles. The summed E-state index contributed by atoms with van der Waals surface area (Å²) in [4.78, 5) is 7.10. The van der Waals surface area contributed by atoms with Crippen molar-refractivity contribution in [2.24, 2.45) is 0 Å². The second kappa shape index (κ2) is 5.35. The van der Waals surface area contributed by atoms with E-state index in [4.69, 9.17) is 0 Å². The van der Waals surface area contributed by atoms with E-state index in [2.05, 4.69) is 51.0 Å². The van der Waals surface area contributed by atoms with Gasteiger partial charge < -0.3 is 5.11 Å². The average molecular weight is 295 g/mol. The molecule has 0 aliphatic heterocycles. The van der Waals surface area contributed by atoms with E-state index in [1.54, 1.807) is 22.7 Å². The molecule has 2 aromatic rings. The quantitative estimate of drug-likeness (QED) is 0.910. The van der Waals surface area contributed by atoms with Crippen LogP contribution in [0.4, 0.5) is 0 Å². The van der Waals surface area contributed by atoms with Crippen LogP contribution in [0.2, 0.25) is 0 Å². The predicted octanol–water partition coefficient (Wildman–Crippen LogP) is 4.40. The zero-order chi connectivity index (χ0) is 14.2. The predicted molar refractivity (Wildman–Crippen MR) is 83.3 cm³/mol. The molecule has 0 fully saturated rings. The molecule has 0 aliphatic carbocycles. The summed E-state index contributed by atoms with van der Waals surface area (Å²) in [6.45, 7) is 10.6. The summed E-state index contributed by atoms with van der Waals surface area (Å²) >= 11 is 3.38. The summed E-state index contributed by atoms with van der Waals surface area (Å²) in [6.07, 6.45) is 0.168. The summed E-state index contributed by atoms with van der Waals surface area (Å²) in [5, 5.41) is 13.5. The molecule has 1 atom stereocenters. The van der Waals surface area contributed by atoms with Gasteiger partial charge >= 0.3 is 0 Å². The van der Waals surface area contributed by atoms with Crippen LogP contribution in [0.5, 0.6) is 0 Å². The maximum atomic E-state index is 10.4. The fraction of sp³-hybridized carbons (Fsp3) is 0.533. The number of nitrogens with zero attached hydrogens (tertiary/aromatic N) is 1. The van der Waals surface area contributed by atoms with E-state index < -0.39 is 6.10 Å². The maximum absolute atomic E-state index is 10.4. The number of aryl methyl sites for hydroxylation is 2. The first kappa shape index (κ1) is 14.7. The van der Waals surface area contributed by atoms with Gasteiger partial charge in [0.15, 0.2) is 0 Å². The lowest BCUT2D eigenvalue weighted by Crippen LogP contribution is -2.12. The number of aliphatic hydroxyl groups excluding tert-OH is 1. The van der Waals surface area contributed by atoms with Crippen LogP contribution in [0.15, 0.2) is 11.4 Å². The maximum Gasteiger partial charge on any atom is 0.0957 e. The van der Waals surface area contributed by atoms with Crippen molar-refractivity contribution in [3.05, 3.63) is 37.5 Å². The Morgan fingerprint density at radius 1 is 1.32 bits per heavy atom. The Labute approximate surface area is 123 Å². The molecule has 4 heteroatoms. The first-order valence-corrected chi connectivity index (χ1v) is 8.17. The molecule has 1 unspecified atom stereocenters. The smallest absolute Gasteiger partial charge is 0.0957 e. The van der Waals surface area contributed by atoms with Gasteiger partial charge in [-0.2, -0.15) is 0 Å². The van der Waals surface area contributed by atoms with Crippen LogP contribution in [-0.2, 0) is 11.8 Å². The Morgan fingerprint density at radius 2 is 2.00 bits per heavy atom. The number of aromatic nitrogens is 1. The van der Waals surface area contributed by atoms with Crippen LogP contribution < -0.4 is 0 Å². The van der Waals surface area contributed by atoms with Crippen LogP contribution in [0.1, 0.15) is 52.9 Å². The van der Waals surface area contributed by atoms with E-state index in [0.29, 0.717) is 6.42 Å². The molecular weight excluding hydrogens is 274 g/mol. The molecule has 2 nitrogen and oxygen atoms in total. The first-order chi connectivity index (χ1) is 8.77. The summed E-state index contributed by atoms with van der Waals surface area (Å²) in [5.74, 6) is 0. The van der Waals surface area contributed by atoms with Crippen LogP contribution in [-0.4, -0.2) is 10.1 Å². The Bertz CT molecular complexity index is 563. The highest BCUT2D eigenvalue weighted by Gasteiger charge is 2.20. The minimum atomic E-state index is -0.441. The van der Waals surface area contributed by atoms with Crippen LogP contribution in [0.3, 0.4) is 0 Å². The van der Waals surface area contributed by atoms with Crippen molar-refractivity contribution in [3.63, 3.8) is 0 Å². The Kier molecular flexibility index (Phi) is 4.14. The number of thiazole rings is 1. The number of rotatable bonds is 3. The lowest BCUT2D eigenvalue weighted by molar-refractivity contribution is 0.178. The third-order valence-corrected chi connectivity index (χ3v) is 4.98. The topological polar surface area (TPSA) is 33.1 Å². The zero-order valence-electron chi connectivity index (χ0n) is 12.2. The first-order valence-electron chi connectivity index (χ1n) is 6.47. The molecule has 0 aromatic carbocycles. The van der Waals surface area contributed by atoms with Crippen LogP contribution in [0, 0.1) is 13.8 Å². The Morgan fingerprint density at radius 3 is 2.47 bits per heavy atom. The Balaban J connectivity index is 2.13. The van der Waals surface area contributed by atoms with Gasteiger partial charge in [0.1, 0.15) is 0 Å². The largest absolute Gasteiger partial charge is 0.388 e. The molecule has 0 spiro atoms. The highest BCUT2D eigenvalue weighted by molar-refractivity contribution is 7.12. The third-order valence-electron chi connectivity index (χ3n) is 3.13. The zero-order valence-corrected chi connectivity index (χ0v) is 13.8. The number of aliphatic hydroxyl groups is 1. The number of thiophene rings is 1. The van der Waals surface area contributed by atoms with Crippen molar-refractivity contribution in [2.75, 3.05) is 0 Å². The standard InChI is InChI=1S/C15H21NOS2/c1-9-6-11(10(2)19-9)12(17)7-14-16-13(8-18-14)15(3,4)5/h6,8,12,17H,7H2,1-5H3. The van der Waals surface area contributed by atoms with Crippen molar-refractivity contribution in [3.8, 4) is 0 Å². The minimum Gasteiger partial charge on any atom is -0.388 e. The van der Waals surface area contributed by atoms with Crippen molar-refractivity contribution in [1.82, 2.24) is 4.98 Å². The molecule has 0 amide bonds. The molecule has 0 saturated carbocycles. The van der Waals surface area contributed by atoms with Gasteiger partial charge in [-0.1, -0.05) is 20.8 Å². The SMILES string of the molecule is Cc1cc(C(O)Cc2nc(C(C)(C)C)cs2)c(C)s1. The van der Waals surface area contributed by atoms with Gasteiger partial charge in [-0.05, 0) is 25.5 Å². The highest BCUT2D eigenvalue weighted by atomic mass is 32.1. The molecule has 0 aliphatic rings. The minimum absolute atomic E-state index is 0.0780. The summed E-state index contributed by atoms with van der Waals surface area (Å²) in [6, 6.07) is 2.09. The van der Waals surface area contributed by atoms with Gasteiger partial charge in [-0.15, -0.1) is 22.7 Å². The van der Waals surface area contributed by atoms with Crippen LogP contribution >= 0.6 is 22.7 Å². The molecule has 1 N–H and O–H groups in total. The van der Waals surface area contributed by atoms with E-state index >= 15 is 0 Å². The van der Waals surface area contributed by atoms with E-state index in [-0.39, 0.29) is 5.41 Å². The van der Waals surface area contributed by atoms with E-state index in [1.807, 2.05) is 0 Å². The molecule has 2 heterocycles. The van der Waals surface area contributed by atoms with Gasteiger partial charge in [-0.3, -0.25) is 0 Å². The third kappa shape index (κ3) is 3.44. The van der Waals surface area contributed by atoms with Gasteiger partial charge in [0, 0.05) is 27.0 Å². The molecular formula is C15H21NOS2. The van der Waals surface area contributed by atoms with Crippen LogP contribution in [0.25, 0.3) is 0 Å². The second-order valence-corrected chi connectivity index (χ2v) is 8.37. The molecule has 104 valence electrons. The van der Waals surface area contributed by atoms with Gasteiger partial charge in [0.25, 0.3) is 0 Å². The Hall–Kier alpha value is -0.710. The molecule has 2 aromatic heterocycles. The normalized spacial score (nSPS) is 13.8. The lowest BCUT2D eigenvalue weighted by atomic mass is 9.93. The van der Waals surface area contributed by atoms with E-state index in [9.17, 15) is 5.11 Å². The van der Waals surface area contributed by atoms with E-state index in [0.717, 1.165) is 16.3 Å². The van der Waals surface area contributed by atoms with Gasteiger partial charge in [0.2, 0.25) is 0 Å². The lowest BCUT2D eigenvalue weighted by Gasteiger charge is -2.14. The second-order valence-electron chi connectivity index (χ2n) is 5.96. The van der Waals surface area contributed by atoms with Gasteiger partial charge in [0.05, 0.1) is 16.8 Å². The number of hydrogen-bond donors (Lipinski definition) is 1. The fourth-order valence-corrected chi connectivity index (χ4v) is 4.05. The van der Waals surface area contributed by atoms with Crippen molar-refractivity contribution in [1.29, 1.82) is 0 Å². The average Bonchev–Trinajstić information content (AvgIpc) is 2.84. The molecule has 0 radical (unpaired) electrons. The van der Waals surface area contributed by atoms with Gasteiger partial charge in [-0.25, -0.2) is 4.98 Å². The molecule has 19 heavy (non-hydrogen) atoms. The highest BCUT2D eigenvalue weighted by Crippen LogP contribution is 2.30. The monoisotopic (exact) mass is 295 g/mol. The molecule has 2 rings (SSSR count). The summed E-state index contributed by atoms with van der Waals surface area (Å²) in [5.41, 5.74) is 2.24. The van der Waals surface area contributed by atoms with Crippen molar-refractivity contribution >= 4 is 22.7 Å². The fourth-order valence-electron chi connectivity index (χ4n) is 2.01. The van der Waals surface area contributed by atoms with E-state index in [1.165, 1.54) is 9.75 Å². The van der Waals surface area contributed by atoms with Crippen molar-refractivity contribution < 1.29 is 5.11 Å². The summed E-state index contributed by atoms with van der Waals surface area (Å²) < 4.78 is 0.